The van der Waals surface area contributed by atoms with Crippen LogP contribution in [0.5, 0.6) is 0 Å². The summed E-state index contributed by atoms with van der Waals surface area (Å²) in [7, 11) is 0. The maximum absolute atomic E-state index is 12.9. The molecule has 0 spiro atoms. The summed E-state index contributed by atoms with van der Waals surface area (Å²) >= 11 is 0. The van der Waals surface area contributed by atoms with Crippen LogP contribution in [0.15, 0.2) is 18.2 Å². The Balaban J connectivity index is 2.64. The Morgan fingerprint density at radius 1 is 1.26 bits per heavy atom. The van der Waals surface area contributed by atoms with Crippen molar-refractivity contribution in [2.24, 2.45) is 0 Å². The van der Waals surface area contributed by atoms with E-state index < -0.39 is 35.4 Å². The van der Waals surface area contributed by atoms with Gasteiger partial charge < -0.3 is 15.8 Å². The third-order valence-electron chi connectivity index (χ3n) is 2.61. The Hall–Kier alpha value is -2.64. The van der Waals surface area contributed by atoms with Gasteiger partial charge in [0, 0.05) is 11.2 Å². The van der Waals surface area contributed by atoms with E-state index in [-0.39, 0.29) is 11.3 Å². The van der Waals surface area contributed by atoms with Gasteiger partial charge in [0.25, 0.3) is 5.91 Å². The van der Waals surface area contributed by atoms with Crippen LogP contribution in [0.2, 0.25) is 0 Å². The van der Waals surface area contributed by atoms with Crippen LogP contribution in [0.3, 0.4) is 0 Å². The van der Waals surface area contributed by atoms with E-state index in [1.54, 1.807) is 20.8 Å². The number of anilines is 1. The molecule has 7 nitrogen and oxygen atoms in total. The summed E-state index contributed by atoms with van der Waals surface area (Å²) in [6.07, 6.45) is -1.22. The molecule has 0 saturated carbocycles. The summed E-state index contributed by atoms with van der Waals surface area (Å²) in [5, 5.41) is 4.59. The number of carbonyl (C=O) groups excluding carboxylic acids is 3. The lowest BCUT2D eigenvalue weighted by Gasteiger charge is -2.21. The van der Waals surface area contributed by atoms with Crippen molar-refractivity contribution in [2.45, 2.75) is 39.3 Å². The van der Waals surface area contributed by atoms with Gasteiger partial charge in [-0.3, -0.25) is 10.1 Å². The number of nitrogens with two attached hydrogens (primary N) is 1. The second kappa shape index (κ2) is 7.08. The number of nitrogen functional groups attached to an aromatic ring is 1. The van der Waals surface area contributed by atoms with Gasteiger partial charge in [0.05, 0.1) is 5.56 Å². The van der Waals surface area contributed by atoms with Crippen LogP contribution in [0.25, 0.3) is 0 Å². The summed E-state index contributed by atoms with van der Waals surface area (Å²) in [6.45, 7) is 6.55. The lowest BCUT2D eigenvalue weighted by atomic mass is 10.1. The number of amides is 3. The van der Waals surface area contributed by atoms with Gasteiger partial charge in [0.2, 0.25) is 0 Å². The van der Waals surface area contributed by atoms with Crippen molar-refractivity contribution in [3.63, 3.8) is 0 Å². The minimum absolute atomic E-state index is 0.0646. The number of carbonyl (C=O) groups is 3. The van der Waals surface area contributed by atoms with Crippen LogP contribution in [0.1, 0.15) is 38.1 Å². The van der Waals surface area contributed by atoms with Crippen LogP contribution in [-0.4, -0.2) is 29.6 Å². The van der Waals surface area contributed by atoms with Crippen LogP contribution < -0.4 is 16.4 Å². The maximum atomic E-state index is 12.9. The monoisotopic (exact) mass is 325 g/mol. The predicted molar refractivity (Wildman–Crippen MR) is 82.1 cm³/mol. The Morgan fingerprint density at radius 3 is 2.39 bits per heavy atom. The lowest BCUT2D eigenvalue weighted by Crippen LogP contribution is -2.50. The second-order valence-electron chi connectivity index (χ2n) is 5.97. The molecule has 0 aromatic heterocycles. The average Bonchev–Trinajstić information content (AvgIpc) is 2.35. The quantitative estimate of drug-likeness (QED) is 0.577. The van der Waals surface area contributed by atoms with Crippen LogP contribution in [0.4, 0.5) is 14.9 Å². The van der Waals surface area contributed by atoms with Gasteiger partial charge in [-0.05, 0) is 45.9 Å². The molecule has 0 bridgehead atoms. The number of urea groups is 1. The van der Waals surface area contributed by atoms with E-state index in [0.29, 0.717) is 0 Å². The van der Waals surface area contributed by atoms with Gasteiger partial charge >= 0.3 is 12.0 Å². The van der Waals surface area contributed by atoms with E-state index in [9.17, 15) is 18.8 Å². The molecule has 0 unspecified atom stereocenters. The molecule has 0 aliphatic carbocycles. The molecule has 0 aliphatic rings. The average molecular weight is 325 g/mol. The van der Waals surface area contributed by atoms with Crippen molar-refractivity contribution < 1.29 is 23.5 Å². The first-order chi connectivity index (χ1) is 10.5. The number of ether oxygens (including phenoxy) is 1. The van der Waals surface area contributed by atoms with Crippen molar-refractivity contribution in [3.8, 4) is 0 Å². The molecule has 8 heteroatoms. The molecule has 1 aromatic rings. The largest absolute Gasteiger partial charge is 0.449 e. The molecule has 126 valence electrons. The van der Waals surface area contributed by atoms with Gasteiger partial charge in [-0.25, -0.2) is 14.0 Å². The molecule has 0 aliphatic heterocycles. The fraction of sp³-hybridized carbons (Fsp3) is 0.400. The Morgan fingerprint density at radius 2 is 1.87 bits per heavy atom. The summed E-state index contributed by atoms with van der Waals surface area (Å²) in [5.74, 6) is -2.27. The van der Waals surface area contributed by atoms with Gasteiger partial charge in [-0.2, -0.15) is 0 Å². The second-order valence-corrected chi connectivity index (χ2v) is 5.97. The molecule has 3 amide bonds. The highest BCUT2D eigenvalue weighted by atomic mass is 19.1. The Kier molecular flexibility index (Phi) is 5.67. The van der Waals surface area contributed by atoms with Crippen molar-refractivity contribution in [1.82, 2.24) is 10.6 Å². The van der Waals surface area contributed by atoms with Crippen LogP contribution in [0, 0.1) is 5.82 Å². The Bertz CT molecular complexity index is 626. The van der Waals surface area contributed by atoms with Crippen molar-refractivity contribution in [1.29, 1.82) is 0 Å². The van der Waals surface area contributed by atoms with Crippen molar-refractivity contribution in [2.75, 3.05) is 5.73 Å². The first-order valence-electron chi connectivity index (χ1n) is 6.88. The minimum atomic E-state index is -1.22. The third kappa shape index (κ3) is 5.93. The molecule has 1 rings (SSSR count). The first kappa shape index (κ1) is 18.4. The number of nitrogens with one attached hydrogen (secondary N) is 2. The van der Waals surface area contributed by atoms with E-state index in [1.165, 1.54) is 6.92 Å². The van der Waals surface area contributed by atoms with E-state index in [1.807, 2.05) is 0 Å². The zero-order valence-corrected chi connectivity index (χ0v) is 13.4. The first-order valence-corrected chi connectivity index (χ1v) is 6.88. The minimum Gasteiger partial charge on any atom is -0.449 e. The molecule has 0 heterocycles. The highest BCUT2D eigenvalue weighted by molar-refractivity contribution is 6.00. The standard InChI is InChI=1S/C15H20FN3O4/c1-8(12(20)18-14(22)19-15(2,3)4)23-13(21)10-6-5-9(16)7-11(10)17/h5-8H,17H2,1-4H3,(H2,18,19,20,22)/t8-/m0/s1. The maximum Gasteiger partial charge on any atom is 0.341 e. The zero-order chi connectivity index (χ0) is 17.8. The number of rotatable bonds is 3. The van der Waals surface area contributed by atoms with E-state index in [2.05, 4.69) is 10.6 Å². The van der Waals surface area contributed by atoms with Crippen LogP contribution in [-0.2, 0) is 9.53 Å². The van der Waals surface area contributed by atoms with Crippen LogP contribution >= 0.6 is 0 Å². The van der Waals surface area contributed by atoms with E-state index in [0.717, 1.165) is 18.2 Å². The smallest absolute Gasteiger partial charge is 0.341 e. The number of benzene rings is 1. The summed E-state index contributed by atoms with van der Waals surface area (Å²) in [4.78, 5) is 35.3. The number of imide groups is 1. The highest BCUT2D eigenvalue weighted by Gasteiger charge is 2.23. The number of hydrogen-bond donors (Lipinski definition) is 3. The molecule has 0 radical (unpaired) electrons. The summed E-state index contributed by atoms with van der Waals surface area (Å²) in [6, 6.07) is 2.47. The van der Waals surface area contributed by atoms with Gasteiger partial charge in [-0.1, -0.05) is 0 Å². The summed E-state index contributed by atoms with van der Waals surface area (Å²) < 4.78 is 17.9. The van der Waals surface area contributed by atoms with Gasteiger partial charge in [0.15, 0.2) is 6.10 Å². The fourth-order valence-corrected chi connectivity index (χ4v) is 1.58. The number of hydrogen-bond acceptors (Lipinski definition) is 5. The predicted octanol–water partition coefficient (Wildman–Crippen LogP) is 1.58. The van der Waals surface area contributed by atoms with Gasteiger partial charge in [0.1, 0.15) is 5.82 Å². The fourth-order valence-electron chi connectivity index (χ4n) is 1.58. The summed E-state index contributed by atoms with van der Waals surface area (Å²) in [5.41, 5.74) is 4.83. The van der Waals surface area contributed by atoms with Crippen molar-refractivity contribution >= 4 is 23.6 Å². The molecule has 1 aromatic carbocycles. The molecule has 4 N–H and O–H groups in total. The number of esters is 1. The van der Waals surface area contributed by atoms with Gasteiger partial charge in [-0.15, -0.1) is 0 Å². The number of halogens is 1. The molecule has 1 atom stereocenters. The Labute approximate surface area is 133 Å². The lowest BCUT2D eigenvalue weighted by molar-refractivity contribution is -0.127. The van der Waals surface area contributed by atoms with Crippen molar-refractivity contribution in [3.05, 3.63) is 29.6 Å². The third-order valence-corrected chi connectivity index (χ3v) is 2.61. The molecule has 0 saturated heterocycles. The molecular weight excluding hydrogens is 305 g/mol. The molecule has 23 heavy (non-hydrogen) atoms. The highest BCUT2D eigenvalue weighted by Crippen LogP contribution is 2.15. The van der Waals surface area contributed by atoms with E-state index in [4.69, 9.17) is 10.5 Å². The topological polar surface area (TPSA) is 111 Å². The molecule has 0 fully saturated rings. The SMILES string of the molecule is C[C@H](OC(=O)c1ccc(F)cc1N)C(=O)NC(=O)NC(C)(C)C. The zero-order valence-electron chi connectivity index (χ0n) is 13.4. The normalized spacial score (nSPS) is 12.2. The van der Waals surface area contributed by atoms with E-state index >= 15 is 0 Å². The molecular formula is C15H20FN3O4.